The van der Waals surface area contributed by atoms with Crippen molar-refractivity contribution in [2.24, 2.45) is 0 Å². The van der Waals surface area contributed by atoms with Crippen LogP contribution in [0.4, 0.5) is 0 Å². The Kier molecular flexibility index (Phi) is 8.40. The second-order valence-electron chi connectivity index (χ2n) is 3.61. The molecular formula is C10H24N2O. The van der Waals surface area contributed by atoms with Gasteiger partial charge < -0.3 is 15.3 Å². The van der Waals surface area contributed by atoms with E-state index in [0.717, 1.165) is 13.0 Å². The fourth-order valence-electron chi connectivity index (χ4n) is 1.24. The standard InChI is InChI=1S/C10H24N2O/c1-4-5-7-12(3)8-6-10(9-13)11-2/h10-11,13H,4-9H2,1-3H3. The highest BCUT2D eigenvalue weighted by atomic mass is 16.3. The van der Waals surface area contributed by atoms with Gasteiger partial charge in [-0.3, -0.25) is 0 Å². The third kappa shape index (κ3) is 6.99. The lowest BCUT2D eigenvalue weighted by atomic mass is 10.2. The topological polar surface area (TPSA) is 35.5 Å². The van der Waals surface area contributed by atoms with Crippen LogP contribution >= 0.6 is 0 Å². The lowest BCUT2D eigenvalue weighted by molar-refractivity contribution is 0.222. The van der Waals surface area contributed by atoms with E-state index in [0.29, 0.717) is 0 Å². The largest absolute Gasteiger partial charge is 0.395 e. The molecule has 0 aromatic rings. The van der Waals surface area contributed by atoms with Crippen molar-refractivity contribution in [1.82, 2.24) is 10.2 Å². The molecule has 3 heteroatoms. The van der Waals surface area contributed by atoms with E-state index in [1.807, 2.05) is 7.05 Å². The molecule has 0 aromatic carbocycles. The zero-order chi connectivity index (χ0) is 10.1. The van der Waals surface area contributed by atoms with Gasteiger partial charge in [-0.1, -0.05) is 13.3 Å². The molecule has 0 aromatic heterocycles. The molecule has 0 aliphatic heterocycles. The summed E-state index contributed by atoms with van der Waals surface area (Å²) < 4.78 is 0. The van der Waals surface area contributed by atoms with Gasteiger partial charge in [-0.2, -0.15) is 0 Å². The maximum atomic E-state index is 8.93. The molecule has 13 heavy (non-hydrogen) atoms. The van der Waals surface area contributed by atoms with E-state index in [-0.39, 0.29) is 12.6 Å². The summed E-state index contributed by atoms with van der Waals surface area (Å²) in [6.07, 6.45) is 3.53. The van der Waals surface area contributed by atoms with Crippen LogP contribution in [0.3, 0.4) is 0 Å². The van der Waals surface area contributed by atoms with Crippen molar-refractivity contribution >= 4 is 0 Å². The highest BCUT2D eigenvalue weighted by Gasteiger charge is 2.05. The molecule has 0 amide bonds. The van der Waals surface area contributed by atoms with Gasteiger partial charge >= 0.3 is 0 Å². The van der Waals surface area contributed by atoms with Crippen LogP contribution < -0.4 is 5.32 Å². The van der Waals surface area contributed by atoms with Crippen molar-refractivity contribution in [3.63, 3.8) is 0 Å². The quantitative estimate of drug-likeness (QED) is 0.588. The SMILES string of the molecule is CCCCN(C)CCC(CO)NC. The summed E-state index contributed by atoms with van der Waals surface area (Å²) in [5, 5.41) is 12.0. The average Bonchev–Trinajstić information content (AvgIpc) is 2.16. The van der Waals surface area contributed by atoms with E-state index in [2.05, 4.69) is 24.2 Å². The first-order valence-corrected chi connectivity index (χ1v) is 5.21. The van der Waals surface area contributed by atoms with Crippen LogP contribution in [0.2, 0.25) is 0 Å². The summed E-state index contributed by atoms with van der Waals surface area (Å²) in [5.41, 5.74) is 0. The van der Waals surface area contributed by atoms with Gasteiger partial charge in [-0.05, 0) is 40.0 Å². The minimum atomic E-state index is 0.234. The van der Waals surface area contributed by atoms with E-state index >= 15 is 0 Å². The number of unbranched alkanes of at least 4 members (excludes halogenated alkanes) is 1. The molecule has 2 N–H and O–H groups in total. The summed E-state index contributed by atoms with van der Waals surface area (Å²) in [6.45, 7) is 4.67. The number of likely N-dealkylation sites (N-methyl/N-ethyl adjacent to an activating group) is 1. The number of aliphatic hydroxyl groups excluding tert-OH is 1. The summed E-state index contributed by atoms with van der Waals surface area (Å²) in [5.74, 6) is 0. The molecular weight excluding hydrogens is 164 g/mol. The first-order valence-electron chi connectivity index (χ1n) is 5.21. The van der Waals surface area contributed by atoms with E-state index in [9.17, 15) is 0 Å². The molecule has 0 spiro atoms. The van der Waals surface area contributed by atoms with Gasteiger partial charge in [0.2, 0.25) is 0 Å². The Bertz CT molecular complexity index is 105. The Morgan fingerprint density at radius 2 is 2.08 bits per heavy atom. The van der Waals surface area contributed by atoms with Crippen LogP contribution in [0.15, 0.2) is 0 Å². The van der Waals surface area contributed by atoms with Crippen LogP contribution in [-0.4, -0.2) is 49.8 Å². The van der Waals surface area contributed by atoms with E-state index in [1.54, 1.807) is 0 Å². The number of nitrogens with one attached hydrogen (secondary N) is 1. The number of hydrogen-bond donors (Lipinski definition) is 2. The highest BCUT2D eigenvalue weighted by molar-refractivity contribution is 4.64. The number of nitrogens with zero attached hydrogens (tertiary/aromatic N) is 1. The second-order valence-corrected chi connectivity index (χ2v) is 3.61. The van der Waals surface area contributed by atoms with Crippen LogP contribution in [0.25, 0.3) is 0 Å². The minimum absolute atomic E-state index is 0.234. The summed E-state index contributed by atoms with van der Waals surface area (Å²) in [6, 6.07) is 0.254. The molecule has 0 rings (SSSR count). The molecule has 0 fully saturated rings. The van der Waals surface area contributed by atoms with Gasteiger partial charge in [0.25, 0.3) is 0 Å². The van der Waals surface area contributed by atoms with Gasteiger partial charge in [-0.25, -0.2) is 0 Å². The predicted molar refractivity (Wildman–Crippen MR) is 57.0 cm³/mol. The number of rotatable bonds is 8. The summed E-state index contributed by atoms with van der Waals surface area (Å²) in [7, 11) is 4.03. The van der Waals surface area contributed by atoms with Gasteiger partial charge in [-0.15, -0.1) is 0 Å². The second kappa shape index (κ2) is 8.48. The first kappa shape index (κ1) is 12.9. The molecule has 0 saturated carbocycles. The lowest BCUT2D eigenvalue weighted by Crippen LogP contribution is -2.33. The predicted octanol–water partition coefficient (Wildman–Crippen LogP) is 0.689. The third-order valence-electron chi connectivity index (χ3n) is 2.38. The smallest absolute Gasteiger partial charge is 0.0585 e. The monoisotopic (exact) mass is 188 g/mol. The fraction of sp³-hybridized carbons (Fsp3) is 1.00. The number of hydrogen-bond acceptors (Lipinski definition) is 3. The van der Waals surface area contributed by atoms with E-state index in [1.165, 1.54) is 19.4 Å². The van der Waals surface area contributed by atoms with Gasteiger partial charge in [0.1, 0.15) is 0 Å². The molecule has 0 bridgehead atoms. The van der Waals surface area contributed by atoms with Crippen molar-refractivity contribution in [3.8, 4) is 0 Å². The first-order chi connectivity index (χ1) is 6.24. The zero-order valence-corrected chi connectivity index (χ0v) is 9.21. The Morgan fingerprint density at radius 1 is 1.38 bits per heavy atom. The van der Waals surface area contributed by atoms with Crippen molar-refractivity contribution < 1.29 is 5.11 Å². The maximum Gasteiger partial charge on any atom is 0.0585 e. The Balaban J connectivity index is 3.38. The van der Waals surface area contributed by atoms with E-state index in [4.69, 9.17) is 5.11 Å². The number of aliphatic hydroxyl groups is 1. The highest BCUT2D eigenvalue weighted by Crippen LogP contribution is 1.96. The molecule has 0 aliphatic rings. The van der Waals surface area contributed by atoms with E-state index < -0.39 is 0 Å². The van der Waals surface area contributed by atoms with Crippen LogP contribution in [0, 0.1) is 0 Å². The third-order valence-corrected chi connectivity index (χ3v) is 2.38. The zero-order valence-electron chi connectivity index (χ0n) is 9.21. The van der Waals surface area contributed by atoms with Crippen LogP contribution in [0.1, 0.15) is 26.2 Å². The molecule has 1 unspecified atom stereocenters. The molecule has 1 atom stereocenters. The Hall–Kier alpha value is -0.120. The lowest BCUT2D eigenvalue weighted by Gasteiger charge is -2.19. The molecule has 0 heterocycles. The van der Waals surface area contributed by atoms with Gasteiger partial charge in [0.05, 0.1) is 6.61 Å². The van der Waals surface area contributed by atoms with Crippen molar-refractivity contribution in [1.29, 1.82) is 0 Å². The summed E-state index contributed by atoms with van der Waals surface area (Å²) in [4.78, 5) is 2.32. The minimum Gasteiger partial charge on any atom is -0.395 e. The van der Waals surface area contributed by atoms with Crippen LogP contribution in [-0.2, 0) is 0 Å². The maximum absolute atomic E-state index is 8.93. The molecule has 0 radical (unpaired) electrons. The van der Waals surface area contributed by atoms with Gasteiger partial charge in [0, 0.05) is 6.04 Å². The van der Waals surface area contributed by atoms with Crippen molar-refractivity contribution in [2.45, 2.75) is 32.2 Å². The molecule has 0 saturated heterocycles. The van der Waals surface area contributed by atoms with Gasteiger partial charge in [0.15, 0.2) is 0 Å². The Morgan fingerprint density at radius 3 is 2.54 bits per heavy atom. The fourth-order valence-corrected chi connectivity index (χ4v) is 1.24. The van der Waals surface area contributed by atoms with Crippen LogP contribution in [0.5, 0.6) is 0 Å². The molecule has 0 aliphatic carbocycles. The summed E-state index contributed by atoms with van der Waals surface area (Å²) >= 11 is 0. The average molecular weight is 188 g/mol. The van der Waals surface area contributed by atoms with Crippen molar-refractivity contribution in [2.75, 3.05) is 33.8 Å². The molecule has 80 valence electrons. The van der Waals surface area contributed by atoms with Crippen molar-refractivity contribution in [3.05, 3.63) is 0 Å². The Labute approximate surface area is 82.1 Å². The molecule has 3 nitrogen and oxygen atoms in total. The normalized spacial score (nSPS) is 13.6.